The number of hydrogen-bond donors (Lipinski definition) is 1. The van der Waals surface area contributed by atoms with Gasteiger partial charge in [0.1, 0.15) is 5.75 Å². The fraction of sp³-hybridized carbons (Fsp3) is 0.278. The number of carbonyl (C=O) groups is 1. The fourth-order valence-corrected chi connectivity index (χ4v) is 4.89. The van der Waals surface area contributed by atoms with Crippen molar-refractivity contribution < 1.29 is 23.4 Å². The van der Waals surface area contributed by atoms with Crippen LogP contribution in [0.4, 0.5) is 8.78 Å². The highest BCUT2D eigenvalue weighted by atomic mass is 35.5. The minimum atomic E-state index is -2.46. The van der Waals surface area contributed by atoms with E-state index in [2.05, 4.69) is 0 Å². The highest BCUT2D eigenvalue weighted by molar-refractivity contribution is 8.01. The van der Waals surface area contributed by atoms with E-state index in [4.69, 9.17) is 16.3 Å². The number of rotatable bonds is 7. The van der Waals surface area contributed by atoms with E-state index in [1.165, 1.54) is 18.4 Å². The molecule has 4 nitrogen and oxygen atoms in total. The summed E-state index contributed by atoms with van der Waals surface area (Å²) in [5.74, 6) is -2.92. The van der Waals surface area contributed by atoms with Gasteiger partial charge in [0.05, 0.1) is 28.3 Å². The van der Waals surface area contributed by atoms with Crippen LogP contribution in [0.1, 0.15) is 16.8 Å². The van der Waals surface area contributed by atoms with Gasteiger partial charge in [0.25, 0.3) is 5.76 Å². The number of methoxy groups -OCH3 is 1. The summed E-state index contributed by atoms with van der Waals surface area (Å²) >= 11 is 8.05. The molecule has 0 radical (unpaired) electrons. The third-order valence-corrected chi connectivity index (χ3v) is 6.40. The van der Waals surface area contributed by atoms with Crippen LogP contribution in [0.3, 0.4) is 0 Å². The van der Waals surface area contributed by atoms with Gasteiger partial charge in [0.15, 0.2) is 0 Å². The second kappa shape index (κ2) is 8.08. The molecule has 3 rings (SSSR count). The molecule has 0 saturated heterocycles. The molecule has 1 aromatic carbocycles. The Kier molecular flexibility index (Phi) is 5.98. The number of carboxylic acid groups (broad SMARTS) is 1. The van der Waals surface area contributed by atoms with Crippen LogP contribution in [0.15, 0.2) is 27.8 Å². The van der Waals surface area contributed by atoms with Gasteiger partial charge in [0, 0.05) is 17.6 Å². The standard InChI is InChI=1S/C18H16ClF2NO3S2/c1-9-11(5-16(23)24)12-4-15(25-2)13(19)6-14(12)22(9)7-10-3-17(26-8-10)27-18(20)21/h3-4,6,8,18H,5,7H2,1-2H3,(H,23,24). The van der Waals surface area contributed by atoms with Gasteiger partial charge in [-0.15, -0.1) is 11.3 Å². The van der Waals surface area contributed by atoms with Crippen LogP contribution in [-0.4, -0.2) is 28.5 Å². The number of fused-ring (bicyclic) bond motifs is 1. The number of thiophene rings is 1. The summed E-state index contributed by atoms with van der Waals surface area (Å²) in [6.07, 6.45) is -0.129. The lowest BCUT2D eigenvalue weighted by atomic mass is 10.1. The van der Waals surface area contributed by atoms with Crippen LogP contribution < -0.4 is 4.74 Å². The maximum atomic E-state index is 12.6. The summed E-state index contributed by atoms with van der Waals surface area (Å²) in [5, 5.41) is 12.3. The summed E-state index contributed by atoms with van der Waals surface area (Å²) in [4.78, 5) is 11.3. The molecule has 3 aromatic rings. The van der Waals surface area contributed by atoms with Crippen molar-refractivity contribution in [2.45, 2.75) is 29.9 Å². The van der Waals surface area contributed by atoms with Gasteiger partial charge >= 0.3 is 5.97 Å². The number of benzene rings is 1. The van der Waals surface area contributed by atoms with Gasteiger partial charge in [0.2, 0.25) is 0 Å². The van der Waals surface area contributed by atoms with Gasteiger partial charge in [-0.1, -0.05) is 11.6 Å². The predicted molar refractivity (Wildman–Crippen MR) is 105 cm³/mol. The number of carboxylic acids is 1. The number of hydrogen-bond acceptors (Lipinski definition) is 4. The van der Waals surface area contributed by atoms with E-state index in [0.717, 1.165) is 22.2 Å². The van der Waals surface area contributed by atoms with Crippen molar-refractivity contribution >= 4 is 51.6 Å². The van der Waals surface area contributed by atoms with E-state index in [-0.39, 0.29) is 6.42 Å². The SMILES string of the molecule is COc1cc2c(CC(=O)O)c(C)n(Cc3csc(SC(F)F)c3)c2cc1Cl. The zero-order valence-electron chi connectivity index (χ0n) is 14.5. The number of halogens is 3. The van der Waals surface area contributed by atoms with E-state index in [9.17, 15) is 18.7 Å². The molecule has 0 atom stereocenters. The smallest absolute Gasteiger partial charge is 0.307 e. The summed E-state index contributed by atoms with van der Waals surface area (Å²) in [7, 11) is 1.50. The molecule has 0 saturated carbocycles. The second-order valence-electron chi connectivity index (χ2n) is 5.88. The minimum Gasteiger partial charge on any atom is -0.495 e. The topological polar surface area (TPSA) is 51.5 Å². The molecule has 0 spiro atoms. The van der Waals surface area contributed by atoms with E-state index in [1.807, 2.05) is 16.9 Å². The number of thioether (sulfide) groups is 1. The van der Waals surface area contributed by atoms with Crippen molar-refractivity contribution in [2.75, 3.05) is 7.11 Å². The first kappa shape index (κ1) is 20.0. The third kappa shape index (κ3) is 4.23. The summed E-state index contributed by atoms with van der Waals surface area (Å²) in [5.41, 5.74) is 3.14. The lowest BCUT2D eigenvalue weighted by Crippen LogP contribution is -2.04. The fourth-order valence-electron chi connectivity index (χ4n) is 3.05. The molecule has 0 aliphatic rings. The Hall–Kier alpha value is -1.77. The first-order valence-electron chi connectivity index (χ1n) is 7.89. The number of aliphatic carboxylic acids is 1. The molecule has 2 heterocycles. The second-order valence-corrected chi connectivity index (χ2v) is 8.49. The van der Waals surface area contributed by atoms with Gasteiger partial charge in [-0.2, -0.15) is 8.78 Å². The summed E-state index contributed by atoms with van der Waals surface area (Å²) in [6.45, 7) is 2.28. The van der Waals surface area contributed by atoms with Crippen molar-refractivity contribution in [3.8, 4) is 5.75 Å². The highest BCUT2D eigenvalue weighted by Crippen LogP contribution is 2.36. The van der Waals surface area contributed by atoms with Gasteiger partial charge < -0.3 is 14.4 Å². The maximum Gasteiger partial charge on any atom is 0.307 e. The van der Waals surface area contributed by atoms with E-state index >= 15 is 0 Å². The largest absolute Gasteiger partial charge is 0.495 e. The van der Waals surface area contributed by atoms with Crippen LogP contribution in [0.2, 0.25) is 5.02 Å². The molecule has 0 aliphatic carbocycles. The number of aromatic nitrogens is 1. The molecule has 2 aromatic heterocycles. The maximum absolute atomic E-state index is 12.6. The first-order valence-corrected chi connectivity index (χ1v) is 10.0. The molecule has 144 valence electrons. The Morgan fingerprint density at radius 1 is 1.41 bits per heavy atom. The Morgan fingerprint density at radius 2 is 2.15 bits per heavy atom. The summed E-state index contributed by atoms with van der Waals surface area (Å²) < 4.78 is 32.9. The van der Waals surface area contributed by atoms with E-state index in [1.54, 1.807) is 18.2 Å². The highest BCUT2D eigenvalue weighted by Gasteiger charge is 2.19. The van der Waals surface area contributed by atoms with Gasteiger partial charge in [-0.05, 0) is 53.4 Å². The monoisotopic (exact) mass is 431 g/mol. The number of ether oxygens (including phenoxy) is 1. The zero-order valence-corrected chi connectivity index (χ0v) is 16.9. The molecule has 1 N–H and O–H groups in total. The Bertz CT molecular complexity index is 1000. The van der Waals surface area contributed by atoms with Crippen molar-refractivity contribution in [1.82, 2.24) is 4.57 Å². The van der Waals surface area contributed by atoms with Crippen LogP contribution in [0.25, 0.3) is 10.9 Å². The van der Waals surface area contributed by atoms with Crippen molar-refractivity contribution in [2.24, 2.45) is 0 Å². The molecule has 0 fully saturated rings. The normalized spacial score (nSPS) is 11.5. The number of nitrogens with zero attached hydrogens (tertiary/aromatic N) is 1. The molecule has 0 aliphatic heterocycles. The lowest BCUT2D eigenvalue weighted by molar-refractivity contribution is -0.136. The number of alkyl halides is 2. The van der Waals surface area contributed by atoms with Gasteiger partial charge in [-0.3, -0.25) is 4.79 Å². The first-order chi connectivity index (χ1) is 12.8. The lowest BCUT2D eigenvalue weighted by Gasteiger charge is -2.08. The Labute approximate surface area is 167 Å². The average Bonchev–Trinajstić information content (AvgIpc) is 3.11. The van der Waals surface area contributed by atoms with E-state index < -0.39 is 11.7 Å². The summed E-state index contributed by atoms with van der Waals surface area (Å²) in [6, 6.07) is 5.22. The molecular formula is C18H16ClF2NO3S2. The average molecular weight is 432 g/mol. The van der Waals surface area contributed by atoms with Crippen LogP contribution >= 0.6 is 34.7 Å². The Morgan fingerprint density at radius 3 is 2.78 bits per heavy atom. The molecule has 0 bridgehead atoms. The molecular weight excluding hydrogens is 416 g/mol. The zero-order chi connectivity index (χ0) is 19.7. The molecule has 27 heavy (non-hydrogen) atoms. The molecule has 9 heteroatoms. The molecule has 0 unspecified atom stereocenters. The van der Waals surface area contributed by atoms with Crippen LogP contribution in [-0.2, 0) is 17.8 Å². The third-order valence-electron chi connectivity index (χ3n) is 4.23. The van der Waals surface area contributed by atoms with Crippen LogP contribution in [0, 0.1) is 6.92 Å². The van der Waals surface area contributed by atoms with Crippen molar-refractivity contribution in [3.63, 3.8) is 0 Å². The van der Waals surface area contributed by atoms with Crippen molar-refractivity contribution in [1.29, 1.82) is 0 Å². The predicted octanol–water partition coefficient (Wildman–Crippen LogP) is 5.66. The minimum absolute atomic E-state index is 0.129. The van der Waals surface area contributed by atoms with E-state index in [0.29, 0.717) is 38.9 Å². The van der Waals surface area contributed by atoms with Crippen molar-refractivity contribution in [3.05, 3.63) is 45.4 Å². The Balaban J connectivity index is 2.08. The van der Waals surface area contributed by atoms with Crippen LogP contribution in [0.5, 0.6) is 5.75 Å². The molecule has 0 amide bonds. The quantitative estimate of drug-likeness (QED) is 0.490. The van der Waals surface area contributed by atoms with Gasteiger partial charge in [-0.25, -0.2) is 0 Å².